The highest BCUT2D eigenvalue weighted by Crippen LogP contribution is 2.22. The first-order chi connectivity index (χ1) is 8.65. The topological polar surface area (TPSA) is 41.1 Å². The fourth-order valence-corrected chi connectivity index (χ4v) is 2.39. The SMILES string of the molecule is CC(C)NC(=O)NCc1ccc2c(c1)CCCC2. The van der Waals surface area contributed by atoms with E-state index in [1.54, 1.807) is 0 Å². The Balaban J connectivity index is 1.92. The number of fused-ring (bicyclic) bond motifs is 1. The number of hydrogen-bond donors (Lipinski definition) is 2. The molecule has 0 saturated carbocycles. The molecule has 0 aliphatic heterocycles. The van der Waals surface area contributed by atoms with Crippen LogP contribution in [0.5, 0.6) is 0 Å². The van der Waals surface area contributed by atoms with Crippen LogP contribution in [-0.2, 0) is 19.4 Å². The standard InChI is InChI=1S/C15H22N2O/c1-11(2)17-15(18)16-10-12-7-8-13-5-3-4-6-14(13)9-12/h7-9,11H,3-6,10H2,1-2H3,(H2,16,17,18). The molecule has 3 heteroatoms. The molecule has 0 heterocycles. The number of carbonyl (C=O) groups is 1. The van der Waals surface area contributed by atoms with Gasteiger partial charge in [0.15, 0.2) is 0 Å². The number of amides is 2. The minimum atomic E-state index is -0.0947. The molecule has 2 rings (SSSR count). The molecule has 0 spiro atoms. The summed E-state index contributed by atoms with van der Waals surface area (Å²) in [5.74, 6) is 0. The highest BCUT2D eigenvalue weighted by Gasteiger charge is 2.09. The van der Waals surface area contributed by atoms with Crippen molar-refractivity contribution in [3.05, 3.63) is 34.9 Å². The molecule has 1 aromatic carbocycles. The molecule has 0 atom stereocenters. The fraction of sp³-hybridized carbons (Fsp3) is 0.533. The van der Waals surface area contributed by atoms with E-state index in [-0.39, 0.29) is 12.1 Å². The molecule has 98 valence electrons. The Hall–Kier alpha value is -1.51. The third kappa shape index (κ3) is 3.49. The summed E-state index contributed by atoms with van der Waals surface area (Å²) in [6, 6.07) is 6.66. The lowest BCUT2D eigenvalue weighted by molar-refractivity contribution is 0.238. The maximum atomic E-state index is 11.5. The molecule has 2 amide bonds. The monoisotopic (exact) mass is 246 g/mol. The molecule has 1 aliphatic rings. The molecule has 3 nitrogen and oxygen atoms in total. The molecule has 0 radical (unpaired) electrons. The quantitative estimate of drug-likeness (QED) is 0.846. The van der Waals surface area contributed by atoms with Crippen molar-refractivity contribution in [2.75, 3.05) is 0 Å². The Kier molecular flexibility index (Phi) is 4.24. The number of urea groups is 1. The first-order valence-corrected chi connectivity index (χ1v) is 6.80. The fourth-order valence-electron chi connectivity index (χ4n) is 2.39. The van der Waals surface area contributed by atoms with Gasteiger partial charge in [-0.25, -0.2) is 4.79 Å². The van der Waals surface area contributed by atoms with Crippen LogP contribution >= 0.6 is 0 Å². The van der Waals surface area contributed by atoms with E-state index >= 15 is 0 Å². The first-order valence-electron chi connectivity index (χ1n) is 6.80. The summed E-state index contributed by atoms with van der Waals surface area (Å²) in [7, 11) is 0. The largest absolute Gasteiger partial charge is 0.336 e. The van der Waals surface area contributed by atoms with Crippen molar-refractivity contribution in [2.24, 2.45) is 0 Å². The molecule has 0 saturated heterocycles. The van der Waals surface area contributed by atoms with Crippen LogP contribution in [0.2, 0.25) is 0 Å². The van der Waals surface area contributed by atoms with Crippen LogP contribution in [0.3, 0.4) is 0 Å². The second kappa shape index (κ2) is 5.89. The van der Waals surface area contributed by atoms with Crippen molar-refractivity contribution in [2.45, 2.75) is 52.1 Å². The van der Waals surface area contributed by atoms with E-state index in [1.807, 2.05) is 13.8 Å². The van der Waals surface area contributed by atoms with Gasteiger partial charge in [-0.1, -0.05) is 18.2 Å². The second-order valence-corrected chi connectivity index (χ2v) is 5.29. The summed E-state index contributed by atoms with van der Waals surface area (Å²) in [5, 5.41) is 5.71. The first kappa shape index (κ1) is 12.9. The maximum absolute atomic E-state index is 11.5. The molecule has 0 unspecified atom stereocenters. The van der Waals surface area contributed by atoms with Crippen molar-refractivity contribution in [1.82, 2.24) is 10.6 Å². The van der Waals surface area contributed by atoms with Gasteiger partial charge in [0.2, 0.25) is 0 Å². The van der Waals surface area contributed by atoms with E-state index in [0.29, 0.717) is 6.54 Å². The van der Waals surface area contributed by atoms with Crippen molar-refractivity contribution in [1.29, 1.82) is 0 Å². The second-order valence-electron chi connectivity index (χ2n) is 5.29. The van der Waals surface area contributed by atoms with E-state index in [2.05, 4.69) is 28.8 Å². The van der Waals surface area contributed by atoms with Crippen LogP contribution in [0.15, 0.2) is 18.2 Å². The van der Waals surface area contributed by atoms with Gasteiger partial charge in [-0.05, 0) is 56.2 Å². The van der Waals surface area contributed by atoms with Crippen LogP contribution < -0.4 is 10.6 Å². The predicted octanol–water partition coefficient (Wildman–Crippen LogP) is 2.77. The Morgan fingerprint density at radius 3 is 2.67 bits per heavy atom. The predicted molar refractivity (Wildman–Crippen MR) is 73.6 cm³/mol. The smallest absolute Gasteiger partial charge is 0.315 e. The molecular formula is C15H22N2O. The van der Waals surface area contributed by atoms with Gasteiger partial charge in [-0.2, -0.15) is 0 Å². The van der Waals surface area contributed by atoms with E-state index in [0.717, 1.165) is 0 Å². The van der Waals surface area contributed by atoms with Gasteiger partial charge in [0, 0.05) is 12.6 Å². The highest BCUT2D eigenvalue weighted by atomic mass is 16.2. The number of benzene rings is 1. The zero-order valence-corrected chi connectivity index (χ0v) is 11.3. The molecule has 18 heavy (non-hydrogen) atoms. The van der Waals surface area contributed by atoms with Gasteiger partial charge in [-0.15, -0.1) is 0 Å². The molecule has 0 bridgehead atoms. The minimum absolute atomic E-state index is 0.0947. The average molecular weight is 246 g/mol. The van der Waals surface area contributed by atoms with Crippen LogP contribution in [0, 0.1) is 0 Å². The third-order valence-corrected chi connectivity index (χ3v) is 3.29. The third-order valence-electron chi connectivity index (χ3n) is 3.29. The Morgan fingerprint density at radius 2 is 1.94 bits per heavy atom. The number of rotatable bonds is 3. The van der Waals surface area contributed by atoms with Crippen molar-refractivity contribution >= 4 is 6.03 Å². The van der Waals surface area contributed by atoms with Crippen LogP contribution in [-0.4, -0.2) is 12.1 Å². The molecular weight excluding hydrogens is 224 g/mol. The van der Waals surface area contributed by atoms with E-state index in [4.69, 9.17) is 0 Å². The number of hydrogen-bond acceptors (Lipinski definition) is 1. The summed E-state index contributed by atoms with van der Waals surface area (Å²) in [5.41, 5.74) is 4.14. The molecule has 0 aromatic heterocycles. The summed E-state index contributed by atoms with van der Waals surface area (Å²) in [6.07, 6.45) is 4.98. The van der Waals surface area contributed by atoms with Gasteiger partial charge in [0.25, 0.3) is 0 Å². The van der Waals surface area contributed by atoms with Crippen molar-refractivity contribution in [3.63, 3.8) is 0 Å². The van der Waals surface area contributed by atoms with Gasteiger partial charge in [-0.3, -0.25) is 0 Å². The summed E-state index contributed by atoms with van der Waals surface area (Å²) in [4.78, 5) is 11.5. The van der Waals surface area contributed by atoms with Crippen LogP contribution in [0.1, 0.15) is 43.4 Å². The number of nitrogens with one attached hydrogen (secondary N) is 2. The molecule has 0 fully saturated rings. The van der Waals surface area contributed by atoms with Crippen LogP contribution in [0.4, 0.5) is 4.79 Å². The molecule has 1 aromatic rings. The average Bonchev–Trinajstić information content (AvgIpc) is 2.35. The lowest BCUT2D eigenvalue weighted by Crippen LogP contribution is -2.39. The Bertz CT molecular complexity index is 427. The lowest BCUT2D eigenvalue weighted by atomic mass is 9.90. The number of aryl methyl sites for hydroxylation is 2. The van der Waals surface area contributed by atoms with E-state index < -0.39 is 0 Å². The zero-order chi connectivity index (χ0) is 13.0. The molecule has 2 N–H and O–H groups in total. The van der Waals surface area contributed by atoms with Gasteiger partial charge >= 0.3 is 6.03 Å². The van der Waals surface area contributed by atoms with Crippen LogP contribution in [0.25, 0.3) is 0 Å². The lowest BCUT2D eigenvalue weighted by Gasteiger charge is -2.17. The molecule has 1 aliphatic carbocycles. The van der Waals surface area contributed by atoms with Crippen molar-refractivity contribution < 1.29 is 4.79 Å². The minimum Gasteiger partial charge on any atom is -0.336 e. The van der Waals surface area contributed by atoms with Gasteiger partial charge < -0.3 is 10.6 Å². The summed E-state index contributed by atoms with van der Waals surface area (Å²) in [6.45, 7) is 4.52. The summed E-state index contributed by atoms with van der Waals surface area (Å²) >= 11 is 0. The van der Waals surface area contributed by atoms with E-state index in [1.165, 1.54) is 42.4 Å². The Labute approximate surface area is 109 Å². The van der Waals surface area contributed by atoms with Gasteiger partial charge in [0.1, 0.15) is 0 Å². The number of carbonyl (C=O) groups excluding carboxylic acids is 1. The zero-order valence-electron chi connectivity index (χ0n) is 11.3. The summed E-state index contributed by atoms with van der Waals surface area (Å²) < 4.78 is 0. The van der Waals surface area contributed by atoms with E-state index in [9.17, 15) is 4.79 Å². The van der Waals surface area contributed by atoms with Gasteiger partial charge in [0.05, 0.1) is 0 Å². The highest BCUT2D eigenvalue weighted by molar-refractivity contribution is 5.74. The van der Waals surface area contributed by atoms with Crippen molar-refractivity contribution in [3.8, 4) is 0 Å². The maximum Gasteiger partial charge on any atom is 0.315 e. The Morgan fingerprint density at radius 1 is 1.22 bits per heavy atom. The normalized spacial score (nSPS) is 14.2.